The van der Waals surface area contributed by atoms with Gasteiger partial charge in [0.15, 0.2) is 0 Å². The summed E-state index contributed by atoms with van der Waals surface area (Å²) in [5.41, 5.74) is 1.95. The molecule has 1 aromatic heterocycles. The van der Waals surface area contributed by atoms with Gasteiger partial charge in [-0.15, -0.1) is 0 Å². The molecule has 2 rings (SSSR count). The smallest absolute Gasteiger partial charge is 0.129 e. The zero-order valence-corrected chi connectivity index (χ0v) is 10.7. The van der Waals surface area contributed by atoms with Gasteiger partial charge in [-0.05, 0) is 30.7 Å². The van der Waals surface area contributed by atoms with E-state index < -0.39 is 0 Å². The molecule has 4 heteroatoms. The van der Waals surface area contributed by atoms with Gasteiger partial charge < -0.3 is 10.1 Å². The molecule has 94 valence electrons. The van der Waals surface area contributed by atoms with Crippen LogP contribution in [0.25, 0.3) is 11.3 Å². The van der Waals surface area contributed by atoms with E-state index in [1.54, 1.807) is 6.33 Å². The van der Waals surface area contributed by atoms with Crippen LogP contribution in [0.2, 0.25) is 0 Å². The summed E-state index contributed by atoms with van der Waals surface area (Å²) < 4.78 is 5.55. The first-order chi connectivity index (χ1) is 8.83. The van der Waals surface area contributed by atoms with Crippen molar-refractivity contribution in [2.24, 2.45) is 0 Å². The molecule has 0 aliphatic heterocycles. The first-order valence-corrected chi connectivity index (χ1v) is 6.06. The normalized spacial score (nSPS) is 10.1. The van der Waals surface area contributed by atoms with Gasteiger partial charge in [0.05, 0.1) is 12.3 Å². The van der Waals surface area contributed by atoms with Gasteiger partial charge in [0, 0.05) is 18.7 Å². The van der Waals surface area contributed by atoms with Crippen LogP contribution in [0.4, 0.5) is 5.82 Å². The molecule has 1 aromatic carbocycles. The molecule has 0 atom stereocenters. The van der Waals surface area contributed by atoms with Crippen LogP contribution in [0, 0.1) is 0 Å². The van der Waals surface area contributed by atoms with Gasteiger partial charge in [-0.2, -0.15) is 0 Å². The molecular formula is C14H17N3O. The van der Waals surface area contributed by atoms with Crippen LogP contribution in [-0.2, 0) is 0 Å². The van der Waals surface area contributed by atoms with Gasteiger partial charge in [-0.1, -0.05) is 6.92 Å². The van der Waals surface area contributed by atoms with Gasteiger partial charge in [0.25, 0.3) is 0 Å². The zero-order chi connectivity index (χ0) is 12.8. The van der Waals surface area contributed by atoms with E-state index in [4.69, 9.17) is 4.74 Å². The minimum atomic E-state index is 0.747. The molecular weight excluding hydrogens is 226 g/mol. The van der Waals surface area contributed by atoms with E-state index in [2.05, 4.69) is 22.2 Å². The molecule has 0 spiro atoms. The minimum Gasteiger partial charge on any atom is -0.494 e. The third-order valence-electron chi connectivity index (χ3n) is 2.55. The molecule has 18 heavy (non-hydrogen) atoms. The lowest BCUT2D eigenvalue weighted by Crippen LogP contribution is -1.95. The van der Waals surface area contributed by atoms with Crippen LogP contribution in [0.5, 0.6) is 5.75 Å². The van der Waals surface area contributed by atoms with Crippen molar-refractivity contribution in [2.45, 2.75) is 13.3 Å². The SMILES string of the molecule is CCCOc1ccc(-c2cc(NC)ncn2)cc1. The van der Waals surface area contributed by atoms with Crippen LogP contribution < -0.4 is 10.1 Å². The lowest BCUT2D eigenvalue weighted by molar-refractivity contribution is 0.317. The van der Waals surface area contributed by atoms with Crippen molar-refractivity contribution < 1.29 is 4.74 Å². The maximum absolute atomic E-state index is 5.55. The van der Waals surface area contributed by atoms with E-state index in [-0.39, 0.29) is 0 Å². The summed E-state index contributed by atoms with van der Waals surface area (Å²) >= 11 is 0. The van der Waals surface area contributed by atoms with E-state index in [1.165, 1.54) is 0 Å². The van der Waals surface area contributed by atoms with Gasteiger partial charge in [-0.3, -0.25) is 0 Å². The van der Waals surface area contributed by atoms with Crippen molar-refractivity contribution in [3.05, 3.63) is 36.7 Å². The molecule has 0 saturated heterocycles. The molecule has 0 fully saturated rings. The van der Waals surface area contributed by atoms with Gasteiger partial charge in [-0.25, -0.2) is 9.97 Å². The van der Waals surface area contributed by atoms with Gasteiger partial charge in [0.2, 0.25) is 0 Å². The van der Waals surface area contributed by atoms with Crippen molar-refractivity contribution in [3.63, 3.8) is 0 Å². The Kier molecular flexibility index (Phi) is 4.12. The number of nitrogens with zero attached hydrogens (tertiary/aromatic N) is 2. The van der Waals surface area contributed by atoms with E-state index in [0.29, 0.717) is 0 Å². The molecule has 0 radical (unpaired) electrons. The zero-order valence-electron chi connectivity index (χ0n) is 10.7. The summed E-state index contributed by atoms with van der Waals surface area (Å²) in [5, 5.41) is 3.00. The summed E-state index contributed by atoms with van der Waals surface area (Å²) in [6, 6.07) is 9.86. The van der Waals surface area contributed by atoms with Crippen LogP contribution in [0.1, 0.15) is 13.3 Å². The molecule has 0 saturated carbocycles. The molecule has 4 nitrogen and oxygen atoms in total. The monoisotopic (exact) mass is 243 g/mol. The Morgan fingerprint density at radius 3 is 2.61 bits per heavy atom. The average Bonchev–Trinajstić information content (AvgIpc) is 2.46. The first kappa shape index (κ1) is 12.4. The highest BCUT2D eigenvalue weighted by atomic mass is 16.5. The van der Waals surface area contributed by atoms with Crippen LogP contribution in [0.15, 0.2) is 36.7 Å². The van der Waals surface area contributed by atoms with Crippen molar-refractivity contribution in [1.82, 2.24) is 9.97 Å². The van der Waals surface area contributed by atoms with Gasteiger partial charge >= 0.3 is 0 Å². The Balaban J connectivity index is 2.17. The number of ether oxygens (including phenoxy) is 1. The molecule has 0 aliphatic carbocycles. The Morgan fingerprint density at radius 1 is 1.17 bits per heavy atom. The Morgan fingerprint density at radius 2 is 1.94 bits per heavy atom. The summed E-state index contributed by atoms with van der Waals surface area (Å²) in [5.74, 6) is 1.70. The third kappa shape index (κ3) is 2.97. The fourth-order valence-electron chi connectivity index (χ4n) is 1.59. The highest BCUT2D eigenvalue weighted by molar-refractivity contribution is 5.62. The maximum Gasteiger partial charge on any atom is 0.129 e. The van der Waals surface area contributed by atoms with E-state index in [1.807, 2.05) is 37.4 Å². The van der Waals surface area contributed by atoms with E-state index in [0.717, 1.165) is 35.9 Å². The highest BCUT2D eigenvalue weighted by Gasteiger charge is 2.01. The number of rotatable bonds is 5. The second-order valence-electron chi connectivity index (χ2n) is 3.91. The van der Waals surface area contributed by atoms with Crippen molar-refractivity contribution >= 4 is 5.82 Å². The quantitative estimate of drug-likeness (QED) is 0.877. The largest absolute Gasteiger partial charge is 0.494 e. The molecule has 0 amide bonds. The second kappa shape index (κ2) is 6.00. The molecule has 1 heterocycles. The lowest BCUT2D eigenvalue weighted by Gasteiger charge is -2.06. The Hall–Kier alpha value is -2.10. The standard InChI is InChI=1S/C14H17N3O/c1-3-8-18-12-6-4-11(5-7-12)13-9-14(15-2)17-10-16-13/h4-7,9-10H,3,8H2,1-2H3,(H,15,16,17). The third-order valence-corrected chi connectivity index (χ3v) is 2.55. The molecule has 0 unspecified atom stereocenters. The van der Waals surface area contributed by atoms with E-state index in [9.17, 15) is 0 Å². The average molecular weight is 243 g/mol. The molecule has 0 bridgehead atoms. The number of anilines is 1. The summed E-state index contributed by atoms with van der Waals surface area (Å²) in [6.45, 7) is 2.84. The molecule has 0 aliphatic rings. The minimum absolute atomic E-state index is 0.747. The van der Waals surface area contributed by atoms with Gasteiger partial charge in [0.1, 0.15) is 17.9 Å². The summed E-state index contributed by atoms with van der Waals surface area (Å²) in [4.78, 5) is 8.35. The Bertz CT molecular complexity index is 497. The second-order valence-corrected chi connectivity index (χ2v) is 3.91. The number of benzene rings is 1. The topological polar surface area (TPSA) is 47.0 Å². The highest BCUT2D eigenvalue weighted by Crippen LogP contribution is 2.21. The van der Waals surface area contributed by atoms with Crippen molar-refractivity contribution in [3.8, 4) is 17.0 Å². The fraction of sp³-hybridized carbons (Fsp3) is 0.286. The predicted octanol–water partition coefficient (Wildman–Crippen LogP) is 2.97. The predicted molar refractivity (Wildman–Crippen MR) is 72.8 cm³/mol. The molecule has 1 N–H and O–H groups in total. The summed E-state index contributed by atoms with van der Waals surface area (Å²) in [7, 11) is 1.84. The van der Waals surface area contributed by atoms with Crippen molar-refractivity contribution in [2.75, 3.05) is 19.0 Å². The number of hydrogen-bond acceptors (Lipinski definition) is 4. The Labute approximate surface area is 107 Å². The fourth-order valence-corrected chi connectivity index (χ4v) is 1.59. The number of aromatic nitrogens is 2. The lowest BCUT2D eigenvalue weighted by atomic mass is 10.1. The van der Waals surface area contributed by atoms with Crippen molar-refractivity contribution in [1.29, 1.82) is 0 Å². The van der Waals surface area contributed by atoms with Crippen LogP contribution in [-0.4, -0.2) is 23.6 Å². The first-order valence-electron chi connectivity index (χ1n) is 6.06. The number of hydrogen-bond donors (Lipinski definition) is 1. The molecule has 2 aromatic rings. The number of nitrogens with one attached hydrogen (secondary N) is 1. The van der Waals surface area contributed by atoms with Crippen LogP contribution in [0.3, 0.4) is 0 Å². The van der Waals surface area contributed by atoms with E-state index >= 15 is 0 Å². The summed E-state index contributed by atoms with van der Waals surface area (Å²) in [6.07, 6.45) is 2.57. The van der Waals surface area contributed by atoms with Crippen LogP contribution >= 0.6 is 0 Å². The maximum atomic E-state index is 5.55.